The van der Waals surface area contributed by atoms with Gasteiger partial charge in [0.2, 0.25) is 5.78 Å². The van der Waals surface area contributed by atoms with Crippen LogP contribution in [0.15, 0.2) is 23.5 Å². The van der Waals surface area contributed by atoms with Gasteiger partial charge in [-0.25, -0.2) is 0 Å². The highest BCUT2D eigenvalue weighted by Gasteiger charge is 2.19. The number of rotatable bonds is 0. The Morgan fingerprint density at radius 3 is 2.60 bits per heavy atom. The van der Waals surface area contributed by atoms with Gasteiger partial charge < -0.3 is 5.11 Å². The van der Waals surface area contributed by atoms with Crippen molar-refractivity contribution in [1.29, 1.82) is 0 Å². The Balaban J connectivity index is 2.99. The molecule has 1 rings (SSSR count). The lowest BCUT2D eigenvalue weighted by Crippen LogP contribution is -2.12. The van der Waals surface area contributed by atoms with Crippen LogP contribution in [0.4, 0.5) is 0 Å². The van der Waals surface area contributed by atoms with E-state index in [0.29, 0.717) is 12.0 Å². The number of aliphatic hydroxyl groups excluding tert-OH is 1. The summed E-state index contributed by atoms with van der Waals surface area (Å²) >= 11 is 0. The topological polar surface area (TPSA) is 37.3 Å². The first-order chi connectivity index (χ1) is 4.63. The lowest BCUT2D eigenvalue weighted by molar-refractivity contribution is -0.115. The van der Waals surface area contributed by atoms with Gasteiger partial charge in [-0.15, -0.1) is 0 Å². The third kappa shape index (κ3) is 0.967. The fraction of sp³-hybridized carbons (Fsp3) is 0.375. The molecule has 0 aromatic carbocycles. The van der Waals surface area contributed by atoms with Gasteiger partial charge in [0.05, 0.1) is 0 Å². The van der Waals surface area contributed by atoms with Crippen LogP contribution in [0.25, 0.3) is 0 Å². The molecule has 0 unspecified atom stereocenters. The monoisotopic (exact) mass is 138 g/mol. The van der Waals surface area contributed by atoms with Crippen LogP contribution < -0.4 is 0 Å². The Morgan fingerprint density at radius 2 is 2.10 bits per heavy atom. The zero-order chi connectivity index (χ0) is 7.72. The molecule has 1 aliphatic rings. The van der Waals surface area contributed by atoms with Crippen molar-refractivity contribution in [3.05, 3.63) is 23.5 Å². The van der Waals surface area contributed by atoms with Crippen molar-refractivity contribution in [3.8, 4) is 0 Å². The van der Waals surface area contributed by atoms with E-state index in [-0.39, 0.29) is 11.5 Å². The van der Waals surface area contributed by atoms with Crippen LogP contribution in [-0.2, 0) is 4.79 Å². The van der Waals surface area contributed by atoms with Crippen molar-refractivity contribution < 1.29 is 9.90 Å². The third-order valence-corrected chi connectivity index (χ3v) is 1.74. The third-order valence-electron chi connectivity index (χ3n) is 1.74. The minimum Gasteiger partial charge on any atom is -0.504 e. The smallest absolute Gasteiger partial charge is 0.222 e. The van der Waals surface area contributed by atoms with Crippen LogP contribution in [0, 0.1) is 0 Å². The van der Waals surface area contributed by atoms with Crippen LogP contribution in [0.5, 0.6) is 0 Å². The number of hydrogen-bond donors (Lipinski definition) is 1. The molecule has 0 fully saturated rings. The SMILES string of the molecule is C=C1CCC(C)=C(O)C1=O. The number of allylic oxidation sites excluding steroid dienone is 2. The zero-order valence-electron chi connectivity index (χ0n) is 5.98. The Bertz CT molecular complexity index is 223. The molecule has 0 amide bonds. The van der Waals surface area contributed by atoms with Crippen molar-refractivity contribution in [2.24, 2.45) is 0 Å². The Labute approximate surface area is 59.9 Å². The molecule has 2 heteroatoms. The quantitative estimate of drug-likeness (QED) is 0.517. The fourth-order valence-electron chi connectivity index (χ4n) is 0.932. The van der Waals surface area contributed by atoms with E-state index in [1.165, 1.54) is 0 Å². The molecule has 1 aliphatic carbocycles. The molecule has 0 radical (unpaired) electrons. The summed E-state index contributed by atoms with van der Waals surface area (Å²) in [6, 6.07) is 0. The first-order valence-electron chi connectivity index (χ1n) is 3.24. The Morgan fingerprint density at radius 1 is 1.50 bits per heavy atom. The number of carbonyl (C=O) groups excluding carboxylic acids is 1. The lowest BCUT2D eigenvalue weighted by atomic mass is 9.94. The van der Waals surface area contributed by atoms with Crippen molar-refractivity contribution in [1.82, 2.24) is 0 Å². The lowest BCUT2D eigenvalue weighted by Gasteiger charge is -2.12. The van der Waals surface area contributed by atoms with Gasteiger partial charge in [-0.1, -0.05) is 6.58 Å². The molecule has 0 spiro atoms. The highest BCUT2D eigenvalue weighted by Crippen LogP contribution is 2.22. The van der Waals surface area contributed by atoms with E-state index >= 15 is 0 Å². The van der Waals surface area contributed by atoms with Gasteiger partial charge in [0.1, 0.15) is 0 Å². The van der Waals surface area contributed by atoms with Crippen molar-refractivity contribution >= 4 is 5.78 Å². The highest BCUT2D eigenvalue weighted by molar-refractivity contribution is 6.07. The molecule has 0 saturated heterocycles. The van der Waals surface area contributed by atoms with Gasteiger partial charge in [-0.05, 0) is 30.9 Å². The number of hydrogen-bond acceptors (Lipinski definition) is 2. The predicted molar refractivity (Wildman–Crippen MR) is 38.7 cm³/mol. The van der Waals surface area contributed by atoms with Crippen molar-refractivity contribution in [3.63, 3.8) is 0 Å². The van der Waals surface area contributed by atoms with Gasteiger partial charge in [0.15, 0.2) is 5.76 Å². The van der Waals surface area contributed by atoms with E-state index < -0.39 is 0 Å². The molecular formula is C8H10O2. The molecule has 0 aliphatic heterocycles. The second kappa shape index (κ2) is 2.29. The summed E-state index contributed by atoms with van der Waals surface area (Å²) in [4.78, 5) is 10.9. The molecule has 0 aromatic rings. The molecule has 0 atom stereocenters. The molecule has 2 nitrogen and oxygen atoms in total. The van der Waals surface area contributed by atoms with Crippen LogP contribution in [0.1, 0.15) is 19.8 Å². The molecule has 0 heterocycles. The molecule has 0 saturated carbocycles. The number of ketones is 1. The van der Waals surface area contributed by atoms with Crippen LogP contribution in [0.3, 0.4) is 0 Å². The molecule has 54 valence electrons. The summed E-state index contributed by atoms with van der Waals surface area (Å²) in [5.41, 5.74) is 1.29. The summed E-state index contributed by atoms with van der Waals surface area (Å²) in [6.07, 6.45) is 1.45. The number of Topliss-reactive ketones (excluding diaryl/α,β-unsaturated/α-hetero) is 1. The Kier molecular flexibility index (Phi) is 1.62. The van der Waals surface area contributed by atoms with Crippen LogP contribution >= 0.6 is 0 Å². The van der Waals surface area contributed by atoms with Gasteiger partial charge in [-0.3, -0.25) is 4.79 Å². The van der Waals surface area contributed by atoms with Crippen molar-refractivity contribution in [2.45, 2.75) is 19.8 Å². The van der Waals surface area contributed by atoms with Crippen LogP contribution in [-0.4, -0.2) is 10.9 Å². The van der Waals surface area contributed by atoms with Gasteiger partial charge in [-0.2, -0.15) is 0 Å². The van der Waals surface area contributed by atoms with E-state index in [1.54, 1.807) is 6.92 Å². The van der Waals surface area contributed by atoms with E-state index in [0.717, 1.165) is 12.0 Å². The minimum absolute atomic E-state index is 0.101. The summed E-state index contributed by atoms with van der Waals surface area (Å²) < 4.78 is 0. The molecule has 10 heavy (non-hydrogen) atoms. The Hall–Kier alpha value is -1.05. The zero-order valence-corrected chi connectivity index (χ0v) is 5.98. The van der Waals surface area contributed by atoms with Gasteiger partial charge in [0.25, 0.3) is 0 Å². The fourth-order valence-corrected chi connectivity index (χ4v) is 0.932. The summed E-state index contributed by atoms with van der Waals surface area (Å²) in [5.74, 6) is -0.389. The normalized spacial score (nSPS) is 20.1. The molecule has 0 bridgehead atoms. The number of carbonyl (C=O) groups is 1. The maximum Gasteiger partial charge on any atom is 0.222 e. The van der Waals surface area contributed by atoms with Crippen LogP contribution in [0.2, 0.25) is 0 Å². The summed E-state index contributed by atoms with van der Waals surface area (Å²) in [7, 11) is 0. The maximum absolute atomic E-state index is 10.9. The molecule has 0 aromatic heterocycles. The standard InChI is InChI=1S/C8H10O2/c1-5-3-4-6(2)8(10)7(5)9/h10H,1,3-4H2,2H3. The minimum atomic E-state index is -0.288. The second-order valence-corrected chi connectivity index (χ2v) is 2.56. The van der Waals surface area contributed by atoms with E-state index in [9.17, 15) is 4.79 Å². The predicted octanol–water partition coefficient (Wildman–Crippen LogP) is 1.74. The average Bonchev–Trinajstić information content (AvgIpc) is 1.93. The first kappa shape index (κ1) is 7.06. The summed E-state index contributed by atoms with van der Waals surface area (Å²) in [5, 5.41) is 9.09. The van der Waals surface area contributed by atoms with E-state index in [4.69, 9.17) is 5.11 Å². The molecular weight excluding hydrogens is 128 g/mol. The summed E-state index contributed by atoms with van der Waals surface area (Å²) in [6.45, 7) is 5.30. The number of aliphatic hydroxyl groups is 1. The largest absolute Gasteiger partial charge is 0.504 e. The first-order valence-corrected chi connectivity index (χ1v) is 3.24. The van der Waals surface area contributed by atoms with Gasteiger partial charge >= 0.3 is 0 Å². The maximum atomic E-state index is 10.9. The van der Waals surface area contributed by atoms with E-state index in [2.05, 4.69) is 6.58 Å². The highest BCUT2D eigenvalue weighted by atomic mass is 16.3. The van der Waals surface area contributed by atoms with Gasteiger partial charge in [0, 0.05) is 0 Å². The van der Waals surface area contributed by atoms with E-state index in [1.807, 2.05) is 0 Å². The van der Waals surface area contributed by atoms with Crippen molar-refractivity contribution in [2.75, 3.05) is 0 Å². The average molecular weight is 138 g/mol. The molecule has 1 N–H and O–H groups in total. The second-order valence-electron chi connectivity index (χ2n) is 2.56.